The molecular weight excluding hydrogens is 368 g/mol. The summed E-state index contributed by atoms with van der Waals surface area (Å²) >= 11 is 0. The molecule has 0 saturated heterocycles. The molecule has 0 aromatic heterocycles. The van der Waals surface area contributed by atoms with Gasteiger partial charge in [0.1, 0.15) is 0 Å². The Bertz CT molecular complexity index is 446. The predicted octanol–water partition coefficient (Wildman–Crippen LogP) is -1.28. The maximum Gasteiger partial charge on any atom is 0.352 e. The fourth-order valence-corrected chi connectivity index (χ4v) is 1.94. The molecule has 27 heavy (non-hydrogen) atoms. The van der Waals surface area contributed by atoms with Crippen LogP contribution in [0, 0.1) is 0 Å². The third kappa shape index (κ3) is 5.37. The standard InChI is InChI=1S/C16H26O11/c1-5-23-11(19)15(9-17,12(20)24-6-2)27-16(10-18,13(21)25-7-3)14(22)26-8-4/h17-18H,5-10H2,1-4H3. The van der Waals surface area contributed by atoms with E-state index in [1.165, 1.54) is 27.7 Å². The zero-order chi connectivity index (χ0) is 21.1. The van der Waals surface area contributed by atoms with Gasteiger partial charge in [0.05, 0.1) is 39.6 Å². The minimum absolute atomic E-state index is 0.214. The third-order valence-corrected chi connectivity index (χ3v) is 3.21. The number of carbonyl (C=O) groups excluding carboxylic acids is 4. The first-order chi connectivity index (χ1) is 12.8. The molecule has 0 fully saturated rings. The normalized spacial score (nSPS) is 11.5. The molecule has 0 saturated carbocycles. The van der Waals surface area contributed by atoms with E-state index in [9.17, 15) is 29.4 Å². The topological polar surface area (TPSA) is 155 Å². The van der Waals surface area contributed by atoms with Gasteiger partial charge in [-0.05, 0) is 27.7 Å². The van der Waals surface area contributed by atoms with Crippen LogP contribution < -0.4 is 0 Å². The fourth-order valence-electron chi connectivity index (χ4n) is 1.94. The molecule has 0 rings (SSSR count). The Morgan fingerprint density at radius 1 is 0.593 bits per heavy atom. The largest absolute Gasteiger partial charge is 0.463 e. The van der Waals surface area contributed by atoms with Crippen molar-refractivity contribution in [3.8, 4) is 0 Å². The molecule has 0 atom stereocenters. The molecule has 0 aliphatic rings. The number of ether oxygens (including phenoxy) is 5. The first-order valence-corrected chi connectivity index (χ1v) is 8.36. The molecule has 0 radical (unpaired) electrons. The van der Waals surface area contributed by atoms with E-state index in [2.05, 4.69) is 0 Å². The van der Waals surface area contributed by atoms with Crippen molar-refractivity contribution in [2.75, 3.05) is 39.6 Å². The molecule has 0 heterocycles. The number of hydrogen-bond donors (Lipinski definition) is 2. The second-order valence-corrected chi connectivity index (χ2v) is 4.95. The van der Waals surface area contributed by atoms with Gasteiger partial charge in [-0.1, -0.05) is 0 Å². The fraction of sp³-hybridized carbons (Fsp3) is 0.750. The van der Waals surface area contributed by atoms with Gasteiger partial charge in [-0.15, -0.1) is 0 Å². The van der Waals surface area contributed by atoms with Crippen LogP contribution in [0.1, 0.15) is 27.7 Å². The van der Waals surface area contributed by atoms with Crippen molar-refractivity contribution < 1.29 is 53.1 Å². The Morgan fingerprint density at radius 3 is 0.963 bits per heavy atom. The number of rotatable bonds is 12. The van der Waals surface area contributed by atoms with Crippen LogP contribution in [-0.4, -0.2) is 84.9 Å². The summed E-state index contributed by atoms with van der Waals surface area (Å²) in [5.41, 5.74) is -5.84. The van der Waals surface area contributed by atoms with Gasteiger partial charge < -0.3 is 33.9 Å². The zero-order valence-electron chi connectivity index (χ0n) is 15.8. The lowest BCUT2D eigenvalue weighted by Crippen LogP contribution is -2.65. The average molecular weight is 394 g/mol. The Labute approximate surface area is 156 Å². The Kier molecular flexibility index (Phi) is 10.5. The predicted molar refractivity (Wildman–Crippen MR) is 87.3 cm³/mol. The summed E-state index contributed by atoms with van der Waals surface area (Å²) in [5.74, 6) is -5.68. The van der Waals surface area contributed by atoms with Crippen LogP contribution in [0.5, 0.6) is 0 Å². The van der Waals surface area contributed by atoms with Crippen LogP contribution in [0.25, 0.3) is 0 Å². The monoisotopic (exact) mass is 394 g/mol. The molecule has 0 amide bonds. The molecule has 0 aromatic rings. The van der Waals surface area contributed by atoms with Crippen LogP contribution in [0.4, 0.5) is 0 Å². The van der Waals surface area contributed by atoms with E-state index in [0.29, 0.717) is 0 Å². The van der Waals surface area contributed by atoms with E-state index in [0.717, 1.165) is 0 Å². The molecule has 0 bridgehead atoms. The molecule has 2 N–H and O–H groups in total. The van der Waals surface area contributed by atoms with Gasteiger partial charge in [0, 0.05) is 0 Å². The molecule has 0 aliphatic heterocycles. The van der Waals surface area contributed by atoms with Gasteiger partial charge in [0.15, 0.2) is 0 Å². The van der Waals surface area contributed by atoms with Crippen molar-refractivity contribution in [1.82, 2.24) is 0 Å². The van der Waals surface area contributed by atoms with E-state index in [-0.39, 0.29) is 26.4 Å². The Balaban J connectivity index is 6.39. The highest BCUT2D eigenvalue weighted by Gasteiger charge is 2.62. The Hall–Kier alpha value is -2.24. The minimum Gasteiger partial charge on any atom is -0.463 e. The zero-order valence-corrected chi connectivity index (χ0v) is 15.8. The van der Waals surface area contributed by atoms with Crippen LogP contribution in [-0.2, 0) is 42.9 Å². The molecule has 11 heteroatoms. The lowest BCUT2D eigenvalue weighted by atomic mass is 9.99. The molecular formula is C16H26O11. The lowest BCUT2D eigenvalue weighted by Gasteiger charge is -2.35. The van der Waals surface area contributed by atoms with E-state index in [1.807, 2.05) is 0 Å². The highest BCUT2D eigenvalue weighted by atomic mass is 16.7. The van der Waals surface area contributed by atoms with Crippen LogP contribution >= 0.6 is 0 Å². The first-order valence-electron chi connectivity index (χ1n) is 8.36. The van der Waals surface area contributed by atoms with Crippen molar-refractivity contribution in [1.29, 1.82) is 0 Å². The maximum atomic E-state index is 12.4. The number of aliphatic hydroxyl groups excluding tert-OH is 2. The van der Waals surface area contributed by atoms with Crippen LogP contribution in [0.2, 0.25) is 0 Å². The van der Waals surface area contributed by atoms with Crippen molar-refractivity contribution in [3.63, 3.8) is 0 Å². The highest BCUT2D eigenvalue weighted by Crippen LogP contribution is 2.27. The summed E-state index contributed by atoms with van der Waals surface area (Å²) in [6.07, 6.45) is 0. The summed E-state index contributed by atoms with van der Waals surface area (Å²) in [6, 6.07) is 0. The van der Waals surface area contributed by atoms with Crippen molar-refractivity contribution >= 4 is 23.9 Å². The SMILES string of the molecule is CCOC(=O)C(CO)(OC(CO)(C(=O)OCC)C(=O)OCC)C(=O)OCC. The molecule has 0 unspecified atom stereocenters. The van der Waals surface area contributed by atoms with Crippen molar-refractivity contribution in [2.24, 2.45) is 0 Å². The second kappa shape index (κ2) is 11.5. The molecule has 0 aromatic carbocycles. The summed E-state index contributed by atoms with van der Waals surface area (Å²) < 4.78 is 24.1. The van der Waals surface area contributed by atoms with E-state index >= 15 is 0 Å². The number of carbonyl (C=O) groups is 4. The summed E-state index contributed by atoms with van der Waals surface area (Å²) in [5, 5.41) is 19.5. The second-order valence-electron chi connectivity index (χ2n) is 4.95. The van der Waals surface area contributed by atoms with Gasteiger partial charge >= 0.3 is 23.9 Å². The number of hydrogen-bond acceptors (Lipinski definition) is 11. The molecule has 0 aliphatic carbocycles. The van der Waals surface area contributed by atoms with E-state index in [1.54, 1.807) is 0 Å². The van der Waals surface area contributed by atoms with Gasteiger partial charge in [-0.25, -0.2) is 19.2 Å². The Morgan fingerprint density at radius 2 is 0.815 bits per heavy atom. The van der Waals surface area contributed by atoms with Crippen molar-refractivity contribution in [3.05, 3.63) is 0 Å². The number of aliphatic hydroxyl groups is 2. The lowest BCUT2D eigenvalue weighted by molar-refractivity contribution is -0.234. The third-order valence-electron chi connectivity index (χ3n) is 3.21. The maximum absolute atomic E-state index is 12.4. The van der Waals surface area contributed by atoms with Gasteiger partial charge in [-0.3, -0.25) is 0 Å². The van der Waals surface area contributed by atoms with Gasteiger partial charge in [-0.2, -0.15) is 0 Å². The minimum atomic E-state index is -2.92. The van der Waals surface area contributed by atoms with Crippen LogP contribution in [0.3, 0.4) is 0 Å². The molecule has 156 valence electrons. The van der Waals surface area contributed by atoms with Gasteiger partial charge in [0.25, 0.3) is 11.2 Å². The summed E-state index contributed by atoms with van der Waals surface area (Å²) in [7, 11) is 0. The average Bonchev–Trinajstić information content (AvgIpc) is 2.64. The first kappa shape index (κ1) is 24.8. The van der Waals surface area contributed by atoms with Crippen LogP contribution in [0.15, 0.2) is 0 Å². The molecule has 11 nitrogen and oxygen atoms in total. The quantitative estimate of drug-likeness (QED) is 0.231. The smallest absolute Gasteiger partial charge is 0.352 e. The van der Waals surface area contributed by atoms with Crippen molar-refractivity contribution in [2.45, 2.75) is 38.9 Å². The van der Waals surface area contributed by atoms with Gasteiger partial charge in [0.2, 0.25) is 0 Å². The number of esters is 4. The highest BCUT2D eigenvalue weighted by molar-refractivity contribution is 6.08. The summed E-state index contributed by atoms with van der Waals surface area (Å²) in [4.78, 5) is 49.5. The van der Waals surface area contributed by atoms with E-state index < -0.39 is 48.3 Å². The molecule has 0 spiro atoms. The van der Waals surface area contributed by atoms with E-state index in [4.69, 9.17) is 23.7 Å². The summed E-state index contributed by atoms with van der Waals surface area (Å²) in [6.45, 7) is 2.13.